The molecule has 1 aliphatic rings. The maximum atomic E-state index is 6.13. The van der Waals surface area contributed by atoms with Gasteiger partial charge in [0.25, 0.3) is 0 Å². The molecule has 0 bridgehead atoms. The van der Waals surface area contributed by atoms with E-state index in [-0.39, 0.29) is 0 Å². The first-order valence-electron chi connectivity index (χ1n) is 8.99. The summed E-state index contributed by atoms with van der Waals surface area (Å²) >= 11 is 0. The number of hydrogen-bond acceptors (Lipinski definition) is 5. The third-order valence-corrected chi connectivity index (χ3v) is 4.82. The van der Waals surface area contributed by atoms with Gasteiger partial charge < -0.3 is 5.73 Å². The van der Waals surface area contributed by atoms with Crippen molar-refractivity contribution in [3.8, 4) is 11.4 Å². The summed E-state index contributed by atoms with van der Waals surface area (Å²) in [5.41, 5.74) is 8.54. The summed E-state index contributed by atoms with van der Waals surface area (Å²) < 4.78 is 0. The second-order valence-electron chi connectivity index (χ2n) is 6.79. The molecule has 26 heavy (non-hydrogen) atoms. The van der Waals surface area contributed by atoms with E-state index >= 15 is 0 Å². The van der Waals surface area contributed by atoms with Crippen LogP contribution in [0.1, 0.15) is 19.8 Å². The Bertz CT molecular complexity index is 944. The average molecular weight is 346 g/mol. The normalized spacial score (nSPS) is 15.8. The molecule has 0 radical (unpaired) electrons. The van der Waals surface area contributed by atoms with Crippen LogP contribution in [0.4, 0.5) is 11.5 Å². The molecule has 0 amide bonds. The summed E-state index contributed by atoms with van der Waals surface area (Å²) in [7, 11) is 0. The van der Waals surface area contributed by atoms with Crippen LogP contribution in [-0.4, -0.2) is 28.1 Å². The highest BCUT2D eigenvalue weighted by Crippen LogP contribution is 2.30. The van der Waals surface area contributed by atoms with Gasteiger partial charge in [0.2, 0.25) is 0 Å². The largest absolute Gasteiger partial charge is 0.383 e. The first kappa shape index (κ1) is 16.4. The van der Waals surface area contributed by atoms with E-state index in [2.05, 4.69) is 27.2 Å². The Kier molecular flexibility index (Phi) is 4.48. The number of rotatable bonds is 3. The Morgan fingerprint density at radius 3 is 2.58 bits per heavy atom. The van der Waals surface area contributed by atoms with Gasteiger partial charge in [-0.15, -0.1) is 5.11 Å². The minimum absolute atomic E-state index is 0.474. The predicted molar refractivity (Wildman–Crippen MR) is 104 cm³/mol. The predicted octanol–water partition coefficient (Wildman–Crippen LogP) is 4.61. The van der Waals surface area contributed by atoms with Gasteiger partial charge in [0.15, 0.2) is 5.82 Å². The Morgan fingerprint density at radius 2 is 1.73 bits per heavy atom. The van der Waals surface area contributed by atoms with Crippen molar-refractivity contribution in [1.82, 2.24) is 15.0 Å². The molecule has 0 unspecified atom stereocenters. The summed E-state index contributed by atoms with van der Waals surface area (Å²) in [5, 5.41) is 11.8. The standard InChI is InChI=1S/C20H22N6/c1-14-10-12-26(13-11-14)25-24-18-9-5-3-7-16(18)20-22-17-8-4-2-6-15(17)19(21)23-20/h2-9,14H,10-13H2,1H3,(H2,21,22,23). The maximum absolute atomic E-state index is 6.13. The van der Waals surface area contributed by atoms with Gasteiger partial charge in [-0.2, -0.15) is 0 Å². The third kappa shape index (κ3) is 3.35. The molecule has 2 aromatic carbocycles. The van der Waals surface area contributed by atoms with Gasteiger partial charge in [0.1, 0.15) is 5.82 Å². The summed E-state index contributed by atoms with van der Waals surface area (Å²) in [4.78, 5) is 9.15. The van der Waals surface area contributed by atoms with E-state index in [0.717, 1.165) is 54.0 Å². The molecule has 132 valence electrons. The molecule has 4 rings (SSSR count). The van der Waals surface area contributed by atoms with Crippen LogP contribution in [0.3, 0.4) is 0 Å². The lowest BCUT2D eigenvalue weighted by Crippen LogP contribution is -2.27. The summed E-state index contributed by atoms with van der Waals surface area (Å²) in [6.07, 6.45) is 2.32. The van der Waals surface area contributed by atoms with Crippen LogP contribution >= 0.6 is 0 Å². The van der Waals surface area contributed by atoms with Gasteiger partial charge in [-0.3, -0.25) is 5.01 Å². The number of nitrogen functional groups attached to an aromatic ring is 1. The van der Waals surface area contributed by atoms with Gasteiger partial charge in [0.05, 0.1) is 11.2 Å². The fraction of sp³-hybridized carbons (Fsp3) is 0.300. The van der Waals surface area contributed by atoms with Gasteiger partial charge in [0, 0.05) is 24.0 Å². The number of nitrogens with zero attached hydrogens (tertiary/aromatic N) is 5. The van der Waals surface area contributed by atoms with E-state index in [1.807, 2.05) is 53.5 Å². The fourth-order valence-electron chi connectivity index (χ4n) is 3.17. The van der Waals surface area contributed by atoms with Crippen molar-refractivity contribution in [2.75, 3.05) is 18.8 Å². The first-order valence-corrected chi connectivity index (χ1v) is 8.99. The van der Waals surface area contributed by atoms with E-state index in [0.29, 0.717) is 11.6 Å². The van der Waals surface area contributed by atoms with Crippen LogP contribution in [0, 0.1) is 5.92 Å². The van der Waals surface area contributed by atoms with Gasteiger partial charge in [-0.05, 0) is 43.0 Å². The summed E-state index contributed by atoms with van der Waals surface area (Å²) in [6.45, 7) is 4.18. The second-order valence-corrected chi connectivity index (χ2v) is 6.79. The van der Waals surface area contributed by atoms with Crippen molar-refractivity contribution in [3.63, 3.8) is 0 Å². The topological polar surface area (TPSA) is 79.8 Å². The lowest BCUT2D eigenvalue weighted by molar-refractivity contribution is 0.188. The zero-order chi connectivity index (χ0) is 17.9. The van der Waals surface area contributed by atoms with E-state index in [1.54, 1.807) is 0 Å². The Morgan fingerprint density at radius 1 is 1.00 bits per heavy atom. The molecular formula is C20H22N6. The molecule has 6 nitrogen and oxygen atoms in total. The van der Waals surface area contributed by atoms with Crippen molar-refractivity contribution in [2.45, 2.75) is 19.8 Å². The first-order chi connectivity index (χ1) is 12.7. The number of piperidine rings is 1. The SMILES string of the molecule is CC1CCN(N=Nc2ccccc2-c2nc(N)c3ccccc3n2)CC1. The molecule has 2 heterocycles. The molecule has 0 atom stereocenters. The number of hydrogen-bond donors (Lipinski definition) is 1. The molecule has 2 N–H and O–H groups in total. The van der Waals surface area contributed by atoms with Crippen LogP contribution in [-0.2, 0) is 0 Å². The lowest BCUT2D eigenvalue weighted by atomic mass is 10.0. The van der Waals surface area contributed by atoms with Crippen LogP contribution in [0.2, 0.25) is 0 Å². The molecule has 0 aliphatic carbocycles. The van der Waals surface area contributed by atoms with Crippen molar-refractivity contribution in [2.24, 2.45) is 16.3 Å². The monoisotopic (exact) mass is 346 g/mol. The smallest absolute Gasteiger partial charge is 0.164 e. The molecule has 1 fully saturated rings. The van der Waals surface area contributed by atoms with Gasteiger partial charge in [-0.25, -0.2) is 9.97 Å². The average Bonchev–Trinajstić information content (AvgIpc) is 2.68. The van der Waals surface area contributed by atoms with Crippen molar-refractivity contribution >= 4 is 22.4 Å². The highest BCUT2D eigenvalue weighted by Gasteiger charge is 2.15. The molecule has 0 spiro atoms. The molecule has 0 saturated carbocycles. The number of para-hydroxylation sites is 1. The highest BCUT2D eigenvalue weighted by atomic mass is 15.5. The quantitative estimate of drug-likeness (QED) is 0.702. The van der Waals surface area contributed by atoms with Crippen LogP contribution in [0.15, 0.2) is 58.9 Å². The fourth-order valence-corrected chi connectivity index (χ4v) is 3.17. The van der Waals surface area contributed by atoms with Crippen molar-refractivity contribution < 1.29 is 0 Å². The molecule has 6 heteroatoms. The zero-order valence-electron chi connectivity index (χ0n) is 14.8. The molecule has 1 saturated heterocycles. The minimum atomic E-state index is 0.474. The van der Waals surface area contributed by atoms with Gasteiger partial charge in [-0.1, -0.05) is 36.4 Å². The Labute approximate surface area is 152 Å². The molecular weight excluding hydrogens is 324 g/mol. The van der Waals surface area contributed by atoms with E-state index in [4.69, 9.17) is 5.73 Å². The van der Waals surface area contributed by atoms with Crippen LogP contribution < -0.4 is 5.73 Å². The van der Waals surface area contributed by atoms with Gasteiger partial charge >= 0.3 is 0 Å². The number of fused-ring (bicyclic) bond motifs is 1. The zero-order valence-corrected chi connectivity index (χ0v) is 14.8. The molecule has 1 aromatic heterocycles. The summed E-state index contributed by atoms with van der Waals surface area (Å²) in [5.74, 6) is 1.81. The number of benzene rings is 2. The lowest BCUT2D eigenvalue weighted by Gasteiger charge is -2.26. The van der Waals surface area contributed by atoms with Crippen molar-refractivity contribution in [3.05, 3.63) is 48.5 Å². The maximum Gasteiger partial charge on any atom is 0.164 e. The highest BCUT2D eigenvalue weighted by molar-refractivity contribution is 5.90. The Balaban J connectivity index is 1.68. The van der Waals surface area contributed by atoms with Crippen LogP contribution in [0.5, 0.6) is 0 Å². The summed E-state index contributed by atoms with van der Waals surface area (Å²) in [6, 6.07) is 15.5. The number of anilines is 1. The van der Waals surface area contributed by atoms with E-state index in [1.165, 1.54) is 0 Å². The number of nitrogens with two attached hydrogens (primary N) is 1. The van der Waals surface area contributed by atoms with E-state index in [9.17, 15) is 0 Å². The molecule has 3 aromatic rings. The molecule has 1 aliphatic heterocycles. The number of aromatic nitrogens is 2. The Hall–Kier alpha value is -3.02. The third-order valence-electron chi connectivity index (χ3n) is 4.82. The minimum Gasteiger partial charge on any atom is -0.383 e. The van der Waals surface area contributed by atoms with Crippen LogP contribution in [0.25, 0.3) is 22.3 Å². The van der Waals surface area contributed by atoms with E-state index < -0.39 is 0 Å². The van der Waals surface area contributed by atoms with Crippen molar-refractivity contribution in [1.29, 1.82) is 0 Å². The second kappa shape index (κ2) is 7.07.